The van der Waals surface area contributed by atoms with Crippen molar-refractivity contribution in [1.82, 2.24) is 0 Å². The molecule has 1 aliphatic rings. The molecule has 1 heterocycles. The van der Waals surface area contributed by atoms with E-state index in [2.05, 4.69) is 16.1 Å². The maximum atomic E-state index is 10.2. The lowest BCUT2D eigenvalue weighted by molar-refractivity contribution is 0.136. The van der Waals surface area contributed by atoms with E-state index in [4.69, 9.17) is 0 Å². The van der Waals surface area contributed by atoms with Crippen molar-refractivity contribution < 1.29 is 14.3 Å². The van der Waals surface area contributed by atoms with E-state index in [1.165, 1.54) is 6.08 Å². The zero-order valence-corrected chi connectivity index (χ0v) is 4.79. The molecular weight excluding hydrogens is 120 g/mol. The Morgan fingerprint density at radius 1 is 1.67 bits per heavy atom. The molecule has 0 aromatic carbocycles. The summed E-state index contributed by atoms with van der Waals surface area (Å²) < 4.78 is 8.97. The van der Waals surface area contributed by atoms with Gasteiger partial charge in [-0.05, 0) is 6.08 Å². The summed E-state index contributed by atoms with van der Waals surface area (Å²) in [4.78, 5) is 10.2. The molecule has 0 saturated carbocycles. The molecule has 0 aromatic rings. The Labute approximate surface area is 52.6 Å². The van der Waals surface area contributed by atoms with Crippen LogP contribution in [-0.2, 0) is 9.47 Å². The molecule has 0 aromatic heterocycles. The van der Waals surface area contributed by atoms with Crippen molar-refractivity contribution >= 4 is 6.16 Å². The van der Waals surface area contributed by atoms with Crippen LogP contribution in [0, 0.1) is 0 Å². The molecule has 0 atom stereocenters. The van der Waals surface area contributed by atoms with Crippen LogP contribution >= 0.6 is 0 Å². The van der Waals surface area contributed by atoms with Crippen LogP contribution in [0.25, 0.3) is 0 Å². The van der Waals surface area contributed by atoms with E-state index < -0.39 is 6.16 Å². The Morgan fingerprint density at radius 2 is 2.44 bits per heavy atom. The fourth-order valence-electron chi connectivity index (χ4n) is 0.510. The number of carbonyl (C=O) groups is 1. The van der Waals surface area contributed by atoms with E-state index in [1.807, 2.05) is 0 Å². The maximum Gasteiger partial charge on any atom is 0.514 e. The Kier molecular flexibility index (Phi) is 1.53. The monoisotopic (exact) mass is 126 g/mol. The molecule has 48 valence electrons. The minimum Gasteiger partial charge on any atom is -0.426 e. The van der Waals surface area contributed by atoms with Crippen LogP contribution in [0.15, 0.2) is 24.5 Å². The van der Waals surface area contributed by atoms with Gasteiger partial charge in [0.2, 0.25) is 0 Å². The number of allylic oxidation sites excluding steroid dienone is 2. The van der Waals surface area contributed by atoms with Crippen LogP contribution < -0.4 is 0 Å². The zero-order valence-electron chi connectivity index (χ0n) is 4.79. The molecule has 1 saturated heterocycles. The summed E-state index contributed by atoms with van der Waals surface area (Å²) in [5, 5.41) is 0. The second-order valence-corrected chi connectivity index (χ2v) is 1.51. The summed E-state index contributed by atoms with van der Waals surface area (Å²) in [7, 11) is 0. The molecular formula is C6H6O3. The molecule has 0 unspecified atom stereocenters. The van der Waals surface area contributed by atoms with Gasteiger partial charge in [0.25, 0.3) is 0 Å². The smallest absolute Gasteiger partial charge is 0.426 e. The molecule has 3 nitrogen and oxygen atoms in total. The minimum absolute atomic E-state index is 0.227. The molecule has 9 heavy (non-hydrogen) atoms. The lowest BCUT2D eigenvalue weighted by Crippen LogP contribution is -1.88. The van der Waals surface area contributed by atoms with Gasteiger partial charge in [0.1, 0.15) is 5.76 Å². The highest BCUT2D eigenvalue weighted by molar-refractivity contribution is 5.64. The summed E-state index contributed by atoms with van der Waals surface area (Å²) in [5.41, 5.74) is 0. The Hall–Kier alpha value is -1.25. The number of cyclic esters (lactones) is 2. The van der Waals surface area contributed by atoms with Crippen LogP contribution in [0.4, 0.5) is 4.79 Å². The molecule has 0 bridgehead atoms. The van der Waals surface area contributed by atoms with Crippen molar-refractivity contribution in [2.75, 3.05) is 6.61 Å². The highest BCUT2D eigenvalue weighted by atomic mass is 16.8. The van der Waals surface area contributed by atoms with E-state index in [9.17, 15) is 4.79 Å². The molecule has 0 aliphatic carbocycles. The normalized spacial score (nSPS) is 21.3. The standard InChI is InChI=1S/C6H6O3/c1-2-3-5-4-8-6(7)9-5/h2-3H,1,4H2. The van der Waals surface area contributed by atoms with Gasteiger partial charge in [-0.1, -0.05) is 12.7 Å². The van der Waals surface area contributed by atoms with Crippen LogP contribution in [0.1, 0.15) is 0 Å². The Balaban J connectivity index is 2.57. The van der Waals surface area contributed by atoms with Gasteiger partial charge in [-0.2, -0.15) is 0 Å². The van der Waals surface area contributed by atoms with Gasteiger partial charge in [0, 0.05) is 0 Å². The zero-order chi connectivity index (χ0) is 6.69. The first-order valence-corrected chi connectivity index (χ1v) is 2.49. The highest BCUT2D eigenvalue weighted by Gasteiger charge is 2.16. The van der Waals surface area contributed by atoms with Gasteiger partial charge >= 0.3 is 6.16 Å². The van der Waals surface area contributed by atoms with Crippen LogP contribution in [-0.4, -0.2) is 12.8 Å². The molecule has 0 radical (unpaired) electrons. The third-order valence-corrected chi connectivity index (χ3v) is 0.850. The average molecular weight is 126 g/mol. The summed E-state index contributed by atoms with van der Waals surface area (Å²) in [6.45, 7) is 3.65. The van der Waals surface area contributed by atoms with Gasteiger partial charge in [-0.25, -0.2) is 4.79 Å². The third-order valence-electron chi connectivity index (χ3n) is 0.850. The number of hydrogen-bond acceptors (Lipinski definition) is 3. The van der Waals surface area contributed by atoms with Gasteiger partial charge in [-0.15, -0.1) is 0 Å². The van der Waals surface area contributed by atoms with Crippen molar-refractivity contribution in [3.8, 4) is 0 Å². The topological polar surface area (TPSA) is 35.5 Å². The quantitative estimate of drug-likeness (QED) is 0.495. The largest absolute Gasteiger partial charge is 0.514 e. The number of rotatable bonds is 1. The van der Waals surface area contributed by atoms with Crippen LogP contribution in [0.3, 0.4) is 0 Å². The van der Waals surface area contributed by atoms with Crippen molar-refractivity contribution in [3.63, 3.8) is 0 Å². The third kappa shape index (κ3) is 1.32. The number of carbonyl (C=O) groups excluding carboxylic acids is 1. The molecule has 1 aliphatic heterocycles. The van der Waals surface area contributed by atoms with Crippen LogP contribution in [0.5, 0.6) is 0 Å². The molecule has 1 rings (SSSR count). The van der Waals surface area contributed by atoms with E-state index in [0.29, 0.717) is 5.76 Å². The first-order chi connectivity index (χ1) is 4.33. The molecule has 0 amide bonds. The van der Waals surface area contributed by atoms with E-state index in [-0.39, 0.29) is 6.61 Å². The minimum atomic E-state index is -0.636. The van der Waals surface area contributed by atoms with Crippen molar-refractivity contribution in [2.24, 2.45) is 0 Å². The first kappa shape index (κ1) is 5.88. The van der Waals surface area contributed by atoms with E-state index in [1.54, 1.807) is 6.08 Å². The molecule has 1 fully saturated rings. The van der Waals surface area contributed by atoms with Gasteiger partial charge in [0.15, 0.2) is 6.61 Å². The Morgan fingerprint density at radius 3 is 2.89 bits per heavy atom. The van der Waals surface area contributed by atoms with Crippen molar-refractivity contribution in [3.05, 3.63) is 24.5 Å². The second-order valence-electron chi connectivity index (χ2n) is 1.51. The highest BCUT2D eigenvalue weighted by Crippen LogP contribution is 2.08. The summed E-state index contributed by atoms with van der Waals surface area (Å²) in [6.07, 6.45) is 2.49. The van der Waals surface area contributed by atoms with E-state index >= 15 is 0 Å². The molecule has 0 spiro atoms. The fraction of sp³-hybridized carbons (Fsp3) is 0.167. The average Bonchev–Trinajstić information content (AvgIpc) is 2.17. The van der Waals surface area contributed by atoms with Crippen molar-refractivity contribution in [2.45, 2.75) is 0 Å². The fourth-order valence-corrected chi connectivity index (χ4v) is 0.510. The second kappa shape index (κ2) is 2.35. The van der Waals surface area contributed by atoms with E-state index in [0.717, 1.165) is 0 Å². The summed E-state index contributed by atoms with van der Waals surface area (Å²) >= 11 is 0. The van der Waals surface area contributed by atoms with Gasteiger partial charge < -0.3 is 9.47 Å². The SMILES string of the molecule is C=CC=C1COC(=O)O1. The first-order valence-electron chi connectivity index (χ1n) is 2.49. The summed E-state index contributed by atoms with van der Waals surface area (Å²) in [5.74, 6) is 0.509. The predicted octanol–water partition coefficient (Wildman–Crippen LogP) is 1.22. The summed E-state index contributed by atoms with van der Waals surface area (Å²) in [6, 6.07) is 0. The van der Waals surface area contributed by atoms with Gasteiger partial charge in [-0.3, -0.25) is 0 Å². The lowest BCUT2D eigenvalue weighted by Gasteiger charge is -1.84. The van der Waals surface area contributed by atoms with Gasteiger partial charge in [0.05, 0.1) is 0 Å². The van der Waals surface area contributed by atoms with Crippen LogP contribution in [0.2, 0.25) is 0 Å². The maximum absolute atomic E-state index is 10.2. The number of ether oxygens (including phenoxy) is 2. The molecule has 3 heteroatoms. The number of hydrogen-bond donors (Lipinski definition) is 0. The molecule has 0 N–H and O–H groups in total. The lowest BCUT2D eigenvalue weighted by atomic mass is 10.4. The Bertz CT molecular complexity index is 169. The predicted molar refractivity (Wildman–Crippen MR) is 30.7 cm³/mol. The van der Waals surface area contributed by atoms with Crippen molar-refractivity contribution in [1.29, 1.82) is 0 Å².